The van der Waals surface area contributed by atoms with Crippen molar-refractivity contribution >= 4 is 31.7 Å². The van der Waals surface area contributed by atoms with Gasteiger partial charge in [0.25, 0.3) is 15.6 Å². The zero-order valence-electron chi connectivity index (χ0n) is 14.7. The molecule has 0 aliphatic heterocycles. The van der Waals surface area contributed by atoms with Crippen molar-refractivity contribution in [3.05, 3.63) is 88.0 Å². The molecule has 3 aromatic carbocycles. The van der Waals surface area contributed by atoms with Gasteiger partial charge in [0.05, 0.1) is 10.4 Å². The molecule has 1 heterocycles. The summed E-state index contributed by atoms with van der Waals surface area (Å²) in [5, 5.41) is 1.07. The summed E-state index contributed by atoms with van der Waals surface area (Å²) in [4.78, 5) is 13.1. The van der Waals surface area contributed by atoms with Gasteiger partial charge in [-0.2, -0.15) is 3.97 Å². The van der Waals surface area contributed by atoms with E-state index in [1.54, 1.807) is 30.3 Å². The fraction of sp³-hybridized carbons (Fsp3) is 0.0952. The highest BCUT2D eigenvalue weighted by molar-refractivity contribution is 7.90. The van der Waals surface area contributed by atoms with E-state index in [1.807, 2.05) is 13.8 Å². The van der Waals surface area contributed by atoms with E-state index >= 15 is 0 Å². The quantitative estimate of drug-likeness (QED) is 0.490. The van der Waals surface area contributed by atoms with Crippen molar-refractivity contribution in [2.75, 3.05) is 0 Å². The Morgan fingerprint density at radius 2 is 1.44 bits per heavy atom. The first-order chi connectivity index (χ1) is 12.8. The molecular formula is C21H16FNO3S. The van der Waals surface area contributed by atoms with Crippen LogP contribution in [0, 0.1) is 19.7 Å². The summed E-state index contributed by atoms with van der Waals surface area (Å²) in [6, 6.07) is 15.2. The van der Waals surface area contributed by atoms with E-state index < -0.39 is 21.4 Å². The fourth-order valence-corrected chi connectivity index (χ4v) is 4.67. The highest BCUT2D eigenvalue weighted by Crippen LogP contribution is 2.27. The normalized spacial score (nSPS) is 12.0. The molecule has 0 bridgehead atoms. The number of halogens is 1. The summed E-state index contributed by atoms with van der Waals surface area (Å²) in [5.41, 5.74) is 1.33. The molecular weight excluding hydrogens is 365 g/mol. The van der Waals surface area contributed by atoms with Crippen LogP contribution in [0.15, 0.2) is 70.4 Å². The van der Waals surface area contributed by atoms with Crippen LogP contribution in [-0.4, -0.2) is 12.4 Å². The van der Waals surface area contributed by atoms with Crippen molar-refractivity contribution in [2.24, 2.45) is 0 Å². The van der Waals surface area contributed by atoms with Gasteiger partial charge in [0.15, 0.2) is 0 Å². The third-order valence-electron chi connectivity index (χ3n) is 4.62. The number of hydrogen-bond acceptors (Lipinski definition) is 3. The molecule has 0 spiro atoms. The van der Waals surface area contributed by atoms with E-state index in [2.05, 4.69) is 0 Å². The van der Waals surface area contributed by atoms with Crippen molar-refractivity contribution in [2.45, 2.75) is 18.7 Å². The fourth-order valence-electron chi connectivity index (χ4n) is 3.24. The Morgan fingerprint density at radius 3 is 2.15 bits per heavy atom. The molecule has 27 heavy (non-hydrogen) atoms. The lowest BCUT2D eigenvalue weighted by atomic mass is 10.0. The molecule has 0 N–H and O–H groups in total. The number of nitrogens with zero attached hydrogens (tertiary/aromatic N) is 1. The van der Waals surface area contributed by atoms with Gasteiger partial charge in [-0.25, -0.2) is 12.8 Å². The van der Waals surface area contributed by atoms with Crippen LogP contribution in [0.5, 0.6) is 0 Å². The number of fused-ring (bicyclic) bond motifs is 3. The summed E-state index contributed by atoms with van der Waals surface area (Å²) >= 11 is 0. The summed E-state index contributed by atoms with van der Waals surface area (Å²) in [7, 11) is -4.12. The zero-order chi connectivity index (χ0) is 19.3. The van der Waals surface area contributed by atoms with Crippen LogP contribution in [0.4, 0.5) is 4.39 Å². The smallest absolute Gasteiger partial charge is 0.268 e. The topological polar surface area (TPSA) is 56.1 Å². The Kier molecular flexibility index (Phi) is 3.89. The Morgan fingerprint density at radius 1 is 0.778 bits per heavy atom. The standard InChI is InChI=1S/C21H16FNO3S/c1-13-3-7-16(8-4-13)27(25,26)23-20-10-5-14(2)11-19(20)18-12-15(22)6-9-17(18)21(23)24/h3-12H,1-2H3. The molecule has 0 aliphatic carbocycles. The van der Waals surface area contributed by atoms with Crippen molar-refractivity contribution in [1.82, 2.24) is 3.97 Å². The van der Waals surface area contributed by atoms with E-state index in [4.69, 9.17) is 0 Å². The van der Waals surface area contributed by atoms with Crippen LogP contribution in [0.3, 0.4) is 0 Å². The number of rotatable bonds is 2. The van der Waals surface area contributed by atoms with Gasteiger partial charge in [0.2, 0.25) is 0 Å². The first-order valence-electron chi connectivity index (χ1n) is 8.36. The predicted octanol–water partition coefficient (Wildman–Crippen LogP) is 4.15. The van der Waals surface area contributed by atoms with Crippen LogP contribution in [0.25, 0.3) is 21.7 Å². The van der Waals surface area contributed by atoms with Crippen molar-refractivity contribution in [3.8, 4) is 0 Å². The molecule has 6 heteroatoms. The number of aryl methyl sites for hydroxylation is 2. The molecule has 0 aliphatic rings. The Balaban J connectivity index is 2.20. The second-order valence-corrected chi connectivity index (χ2v) is 8.38. The Hall–Kier alpha value is -2.99. The van der Waals surface area contributed by atoms with E-state index in [0.29, 0.717) is 10.8 Å². The number of hydrogen-bond donors (Lipinski definition) is 0. The highest BCUT2D eigenvalue weighted by Gasteiger charge is 2.23. The van der Waals surface area contributed by atoms with Crippen molar-refractivity contribution in [3.63, 3.8) is 0 Å². The van der Waals surface area contributed by atoms with Crippen LogP contribution in [-0.2, 0) is 10.0 Å². The van der Waals surface area contributed by atoms with Gasteiger partial charge >= 0.3 is 0 Å². The predicted molar refractivity (Wildman–Crippen MR) is 104 cm³/mol. The molecule has 0 saturated carbocycles. The van der Waals surface area contributed by atoms with Crippen LogP contribution in [0.2, 0.25) is 0 Å². The maximum atomic E-state index is 13.8. The lowest BCUT2D eigenvalue weighted by Crippen LogP contribution is -2.28. The Labute approximate surface area is 155 Å². The first kappa shape index (κ1) is 17.4. The summed E-state index contributed by atoms with van der Waals surface area (Å²) in [5.74, 6) is -0.483. The molecule has 0 amide bonds. The lowest BCUT2D eigenvalue weighted by molar-refractivity contribution is 0.587. The third kappa shape index (κ3) is 2.73. The molecule has 4 nitrogen and oxygen atoms in total. The average Bonchev–Trinajstić information content (AvgIpc) is 2.62. The molecule has 0 saturated heterocycles. The van der Waals surface area contributed by atoms with Crippen LogP contribution >= 0.6 is 0 Å². The monoisotopic (exact) mass is 381 g/mol. The largest absolute Gasteiger partial charge is 0.272 e. The van der Waals surface area contributed by atoms with Gasteiger partial charge in [0, 0.05) is 10.8 Å². The number of aromatic nitrogens is 1. The zero-order valence-corrected chi connectivity index (χ0v) is 15.5. The van der Waals surface area contributed by atoms with Gasteiger partial charge in [-0.15, -0.1) is 0 Å². The minimum Gasteiger partial charge on any atom is -0.268 e. The van der Waals surface area contributed by atoms with E-state index in [1.165, 1.54) is 24.3 Å². The van der Waals surface area contributed by atoms with E-state index in [9.17, 15) is 17.6 Å². The van der Waals surface area contributed by atoms with Gasteiger partial charge in [-0.1, -0.05) is 29.3 Å². The minimum atomic E-state index is -4.12. The molecule has 1 aromatic heterocycles. The SMILES string of the molecule is Cc1ccc(S(=O)(=O)n2c(=O)c3ccc(F)cc3c3cc(C)ccc32)cc1. The summed E-state index contributed by atoms with van der Waals surface area (Å²) in [6.45, 7) is 3.71. The third-order valence-corrected chi connectivity index (χ3v) is 6.33. The minimum absolute atomic E-state index is 0.0264. The molecule has 0 fully saturated rings. The molecule has 4 aromatic rings. The second-order valence-electron chi connectivity index (χ2n) is 6.60. The van der Waals surface area contributed by atoms with Crippen LogP contribution < -0.4 is 5.56 Å². The van der Waals surface area contributed by atoms with Gasteiger partial charge in [0.1, 0.15) is 5.82 Å². The lowest BCUT2D eigenvalue weighted by Gasteiger charge is -2.14. The first-order valence-corrected chi connectivity index (χ1v) is 9.80. The maximum absolute atomic E-state index is 13.8. The molecule has 0 radical (unpaired) electrons. The van der Waals surface area contributed by atoms with Crippen molar-refractivity contribution in [1.29, 1.82) is 0 Å². The van der Waals surface area contributed by atoms with Gasteiger partial charge in [-0.3, -0.25) is 4.79 Å². The molecule has 0 unspecified atom stereocenters. The van der Waals surface area contributed by atoms with Crippen LogP contribution in [0.1, 0.15) is 11.1 Å². The Bertz CT molecular complexity index is 1370. The summed E-state index contributed by atoms with van der Waals surface area (Å²) in [6.07, 6.45) is 0. The maximum Gasteiger partial charge on any atom is 0.272 e. The second kappa shape index (κ2) is 6.03. The molecule has 136 valence electrons. The number of pyridine rings is 1. The van der Waals surface area contributed by atoms with E-state index in [0.717, 1.165) is 21.2 Å². The number of benzene rings is 3. The highest BCUT2D eigenvalue weighted by atomic mass is 32.2. The summed E-state index contributed by atoms with van der Waals surface area (Å²) < 4.78 is 41.1. The molecule has 0 atom stereocenters. The van der Waals surface area contributed by atoms with Gasteiger partial charge in [-0.05, 0) is 61.7 Å². The average molecular weight is 381 g/mol. The van der Waals surface area contributed by atoms with Crippen molar-refractivity contribution < 1.29 is 12.8 Å². The van der Waals surface area contributed by atoms with Gasteiger partial charge < -0.3 is 0 Å². The molecule has 4 rings (SSSR count). The van der Waals surface area contributed by atoms with E-state index in [-0.39, 0.29) is 15.8 Å².